The molecule has 0 heterocycles. The summed E-state index contributed by atoms with van der Waals surface area (Å²) in [6, 6.07) is 0. The van der Waals surface area contributed by atoms with Crippen molar-refractivity contribution in [1.82, 2.24) is 0 Å². The number of rotatable bonds is 14. The quantitative estimate of drug-likeness (QED) is 0.462. The lowest BCUT2D eigenvalue weighted by molar-refractivity contribution is -0.142. The predicted octanol–water partition coefficient (Wildman–Crippen LogP) is 4.35. The topological polar surface area (TPSA) is 63.3 Å². The minimum Gasteiger partial charge on any atom is -0.481 e. The van der Waals surface area contributed by atoms with E-state index in [1.165, 1.54) is 57.8 Å². The zero-order valence-electron chi connectivity index (χ0n) is 12.7. The van der Waals surface area contributed by atoms with Crippen molar-refractivity contribution in [1.29, 1.82) is 0 Å². The van der Waals surface area contributed by atoms with Crippen LogP contribution in [0.15, 0.2) is 0 Å². The van der Waals surface area contributed by atoms with Gasteiger partial charge < -0.3 is 10.8 Å². The fourth-order valence-corrected chi connectivity index (χ4v) is 2.47. The highest BCUT2D eigenvalue weighted by atomic mass is 16.4. The maximum Gasteiger partial charge on any atom is 0.306 e. The zero-order valence-corrected chi connectivity index (χ0v) is 12.7. The van der Waals surface area contributed by atoms with Gasteiger partial charge >= 0.3 is 5.97 Å². The van der Waals surface area contributed by atoms with Crippen LogP contribution < -0.4 is 5.73 Å². The number of hydrogen-bond donors (Lipinski definition) is 2. The Hall–Kier alpha value is -0.570. The van der Waals surface area contributed by atoms with Crippen LogP contribution in [0, 0.1) is 5.92 Å². The smallest absolute Gasteiger partial charge is 0.306 e. The molecule has 0 aliphatic carbocycles. The molecule has 0 rings (SSSR count). The summed E-state index contributed by atoms with van der Waals surface area (Å²) in [5, 5.41) is 8.99. The van der Waals surface area contributed by atoms with Crippen LogP contribution in [0.1, 0.15) is 84.0 Å². The summed E-state index contributed by atoms with van der Waals surface area (Å²) in [5.74, 6) is -0.902. The standard InChI is InChI=1S/C16H33NO2/c1-2-3-4-5-6-7-8-9-10-11-12-15(13-14-17)16(18)19/h15H,2-14,17H2,1H3,(H,18,19). The largest absolute Gasteiger partial charge is 0.481 e. The number of carboxylic acids is 1. The van der Waals surface area contributed by atoms with Crippen LogP contribution in [0.25, 0.3) is 0 Å². The van der Waals surface area contributed by atoms with Crippen molar-refractivity contribution in [3.05, 3.63) is 0 Å². The van der Waals surface area contributed by atoms with E-state index in [4.69, 9.17) is 10.8 Å². The molecule has 0 bridgehead atoms. The van der Waals surface area contributed by atoms with Gasteiger partial charge in [0, 0.05) is 0 Å². The predicted molar refractivity (Wildman–Crippen MR) is 81.3 cm³/mol. The highest BCUT2D eigenvalue weighted by Crippen LogP contribution is 2.16. The molecule has 3 nitrogen and oxygen atoms in total. The molecule has 0 aliphatic heterocycles. The van der Waals surface area contributed by atoms with Crippen molar-refractivity contribution < 1.29 is 9.90 Å². The van der Waals surface area contributed by atoms with Crippen molar-refractivity contribution in [3.63, 3.8) is 0 Å². The third-order valence-corrected chi connectivity index (χ3v) is 3.77. The molecule has 1 atom stereocenters. The molecule has 114 valence electrons. The number of carbonyl (C=O) groups is 1. The van der Waals surface area contributed by atoms with E-state index < -0.39 is 5.97 Å². The molecule has 19 heavy (non-hydrogen) atoms. The van der Waals surface area contributed by atoms with Gasteiger partial charge in [-0.15, -0.1) is 0 Å². The Bertz CT molecular complexity index is 207. The third kappa shape index (κ3) is 12.2. The van der Waals surface area contributed by atoms with Gasteiger partial charge in [-0.05, 0) is 19.4 Å². The van der Waals surface area contributed by atoms with Gasteiger partial charge in [0.2, 0.25) is 0 Å². The van der Waals surface area contributed by atoms with Crippen molar-refractivity contribution in [2.24, 2.45) is 11.7 Å². The maximum atomic E-state index is 10.9. The Labute approximate surface area is 119 Å². The molecule has 1 unspecified atom stereocenters. The zero-order chi connectivity index (χ0) is 14.3. The molecule has 0 radical (unpaired) electrons. The highest BCUT2D eigenvalue weighted by molar-refractivity contribution is 5.69. The second-order valence-corrected chi connectivity index (χ2v) is 5.58. The van der Waals surface area contributed by atoms with Gasteiger partial charge in [-0.2, -0.15) is 0 Å². The fourth-order valence-electron chi connectivity index (χ4n) is 2.47. The second-order valence-electron chi connectivity index (χ2n) is 5.58. The molecule has 0 aromatic rings. The first-order valence-electron chi connectivity index (χ1n) is 8.15. The van der Waals surface area contributed by atoms with Crippen molar-refractivity contribution in [2.75, 3.05) is 6.54 Å². The lowest BCUT2D eigenvalue weighted by atomic mass is 9.97. The number of nitrogens with two attached hydrogens (primary N) is 1. The molecule has 0 fully saturated rings. The second kappa shape index (κ2) is 13.9. The van der Waals surface area contributed by atoms with Crippen molar-refractivity contribution in [2.45, 2.75) is 84.0 Å². The van der Waals surface area contributed by atoms with Gasteiger partial charge in [0.25, 0.3) is 0 Å². The molecule has 0 spiro atoms. The Morgan fingerprint density at radius 2 is 1.37 bits per heavy atom. The molecule has 0 aromatic heterocycles. The first-order valence-corrected chi connectivity index (χ1v) is 8.15. The van der Waals surface area contributed by atoms with Gasteiger partial charge in [-0.3, -0.25) is 4.79 Å². The van der Waals surface area contributed by atoms with E-state index in [2.05, 4.69) is 6.92 Å². The van der Waals surface area contributed by atoms with Crippen molar-refractivity contribution in [3.8, 4) is 0 Å². The average molecular weight is 271 g/mol. The Morgan fingerprint density at radius 3 is 1.79 bits per heavy atom. The number of unbranched alkanes of at least 4 members (excludes halogenated alkanes) is 9. The van der Waals surface area contributed by atoms with Crippen LogP contribution in [-0.2, 0) is 4.79 Å². The first kappa shape index (κ1) is 18.4. The van der Waals surface area contributed by atoms with Crippen LogP contribution in [0.2, 0.25) is 0 Å². The Morgan fingerprint density at radius 1 is 0.895 bits per heavy atom. The summed E-state index contributed by atoms with van der Waals surface area (Å²) in [6.45, 7) is 2.73. The van der Waals surface area contributed by atoms with Gasteiger partial charge in [-0.25, -0.2) is 0 Å². The SMILES string of the molecule is CCCCCCCCCCCCC(CCN)C(=O)O. The molecule has 3 N–H and O–H groups in total. The average Bonchev–Trinajstić information content (AvgIpc) is 2.39. The molecule has 0 aromatic carbocycles. The van der Waals surface area contributed by atoms with E-state index >= 15 is 0 Å². The van der Waals surface area contributed by atoms with Crippen LogP contribution >= 0.6 is 0 Å². The number of hydrogen-bond acceptors (Lipinski definition) is 2. The van der Waals surface area contributed by atoms with Crippen LogP contribution in [0.5, 0.6) is 0 Å². The van der Waals surface area contributed by atoms with E-state index in [1.54, 1.807) is 0 Å². The summed E-state index contributed by atoms with van der Waals surface area (Å²) in [7, 11) is 0. The Kier molecular flexibility index (Phi) is 13.4. The third-order valence-electron chi connectivity index (χ3n) is 3.77. The molecular weight excluding hydrogens is 238 g/mol. The molecule has 0 amide bonds. The summed E-state index contributed by atoms with van der Waals surface area (Å²) in [4.78, 5) is 10.9. The minimum absolute atomic E-state index is 0.223. The molecule has 0 saturated heterocycles. The normalized spacial score (nSPS) is 12.5. The minimum atomic E-state index is -0.679. The van der Waals surface area contributed by atoms with Gasteiger partial charge in [0.05, 0.1) is 5.92 Å². The molecule has 3 heteroatoms. The summed E-state index contributed by atoms with van der Waals surface area (Å²) < 4.78 is 0. The van der Waals surface area contributed by atoms with Gasteiger partial charge in [0.15, 0.2) is 0 Å². The highest BCUT2D eigenvalue weighted by Gasteiger charge is 2.15. The van der Waals surface area contributed by atoms with Crippen LogP contribution in [0.3, 0.4) is 0 Å². The van der Waals surface area contributed by atoms with Gasteiger partial charge in [0.1, 0.15) is 0 Å². The fraction of sp³-hybridized carbons (Fsp3) is 0.938. The molecule has 0 saturated carbocycles. The van der Waals surface area contributed by atoms with E-state index in [0.717, 1.165) is 12.8 Å². The summed E-state index contributed by atoms with van der Waals surface area (Å²) >= 11 is 0. The lowest BCUT2D eigenvalue weighted by Gasteiger charge is -2.10. The molecule has 0 aliphatic rings. The Balaban J connectivity index is 3.27. The van der Waals surface area contributed by atoms with E-state index in [9.17, 15) is 4.79 Å². The number of carboxylic acid groups (broad SMARTS) is 1. The first-order chi connectivity index (χ1) is 9.22. The van der Waals surface area contributed by atoms with Crippen molar-refractivity contribution >= 4 is 5.97 Å². The summed E-state index contributed by atoms with van der Waals surface area (Å²) in [6.07, 6.45) is 14.3. The van der Waals surface area contributed by atoms with Crippen LogP contribution in [-0.4, -0.2) is 17.6 Å². The maximum absolute atomic E-state index is 10.9. The monoisotopic (exact) mass is 271 g/mol. The molecular formula is C16H33NO2. The number of aliphatic carboxylic acids is 1. The van der Waals surface area contributed by atoms with E-state index in [-0.39, 0.29) is 5.92 Å². The van der Waals surface area contributed by atoms with E-state index in [1.807, 2.05) is 0 Å². The van der Waals surface area contributed by atoms with E-state index in [0.29, 0.717) is 13.0 Å². The lowest BCUT2D eigenvalue weighted by Crippen LogP contribution is -2.17. The van der Waals surface area contributed by atoms with Crippen LogP contribution in [0.4, 0.5) is 0 Å². The van der Waals surface area contributed by atoms with Gasteiger partial charge in [-0.1, -0.05) is 71.1 Å². The summed E-state index contributed by atoms with van der Waals surface area (Å²) in [5.41, 5.74) is 5.42.